The second-order valence-electron chi connectivity index (χ2n) is 2.66. The van der Waals surface area contributed by atoms with Gasteiger partial charge in [0.2, 0.25) is 5.91 Å². The first-order valence-corrected chi connectivity index (χ1v) is 3.60. The molecular formula is C6H12N2O4. The van der Waals surface area contributed by atoms with Gasteiger partial charge < -0.3 is 20.7 Å². The molecule has 0 aromatic rings. The average Bonchev–Trinajstić information content (AvgIpc) is 2.30. The predicted octanol–water partition coefficient (Wildman–Crippen LogP) is -2.86. The van der Waals surface area contributed by atoms with Crippen LogP contribution in [0.15, 0.2) is 0 Å². The number of carbonyl (C=O) groups is 1. The molecule has 1 aliphatic heterocycles. The highest BCUT2D eigenvalue weighted by molar-refractivity contribution is 5.75. The first-order chi connectivity index (χ1) is 5.61. The molecule has 1 amide bonds. The molecule has 1 fully saturated rings. The van der Waals surface area contributed by atoms with Gasteiger partial charge >= 0.3 is 0 Å². The molecule has 1 saturated heterocycles. The third-order valence-corrected chi connectivity index (χ3v) is 1.63. The fourth-order valence-corrected chi connectivity index (χ4v) is 0.982. The van der Waals surface area contributed by atoms with Crippen LogP contribution in [0.5, 0.6) is 0 Å². The van der Waals surface area contributed by atoms with Crippen molar-refractivity contribution in [3.8, 4) is 0 Å². The summed E-state index contributed by atoms with van der Waals surface area (Å²) in [6, 6.07) is 0. The van der Waals surface area contributed by atoms with Crippen molar-refractivity contribution in [3.63, 3.8) is 0 Å². The van der Waals surface area contributed by atoms with Crippen LogP contribution in [0.2, 0.25) is 0 Å². The van der Waals surface area contributed by atoms with Crippen LogP contribution in [0.25, 0.3) is 0 Å². The van der Waals surface area contributed by atoms with Gasteiger partial charge in [-0.1, -0.05) is 0 Å². The first-order valence-electron chi connectivity index (χ1n) is 3.60. The maximum Gasteiger partial charge on any atom is 0.231 e. The van der Waals surface area contributed by atoms with E-state index in [1.807, 2.05) is 0 Å². The van der Waals surface area contributed by atoms with Crippen LogP contribution in [0.4, 0.5) is 0 Å². The lowest BCUT2D eigenvalue weighted by molar-refractivity contribution is -0.118. The highest BCUT2D eigenvalue weighted by atomic mass is 16.5. The van der Waals surface area contributed by atoms with Crippen molar-refractivity contribution in [1.82, 2.24) is 5.32 Å². The van der Waals surface area contributed by atoms with E-state index in [0.717, 1.165) is 0 Å². The molecule has 3 atom stereocenters. The Balaban J connectivity index is 2.29. The molecule has 0 aromatic carbocycles. The van der Waals surface area contributed by atoms with Crippen molar-refractivity contribution in [3.05, 3.63) is 0 Å². The third kappa shape index (κ3) is 2.15. The Morgan fingerprint density at radius 2 is 2.33 bits per heavy atom. The highest BCUT2D eigenvalue weighted by Gasteiger charge is 2.34. The van der Waals surface area contributed by atoms with E-state index < -0.39 is 24.3 Å². The summed E-state index contributed by atoms with van der Waals surface area (Å²) in [6.45, 7) is -0.00789. The van der Waals surface area contributed by atoms with Crippen molar-refractivity contribution in [2.45, 2.75) is 18.4 Å². The van der Waals surface area contributed by atoms with Crippen LogP contribution in [0.1, 0.15) is 0 Å². The Kier molecular flexibility index (Phi) is 2.99. The molecule has 0 bridgehead atoms. The van der Waals surface area contributed by atoms with E-state index in [4.69, 9.17) is 15.6 Å². The fourth-order valence-electron chi connectivity index (χ4n) is 0.982. The molecule has 0 aliphatic carbocycles. The Morgan fingerprint density at radius 3 is 2.75 bits per heavy atom. The van der Waals surface area contributed by atoms with E-state index in [1.54, 1.807) is 0 Å². The van der Waals surface area contributed by atoms with E-state index in [-0.39, 0.29) is 13.2 Å². The second-order valence-corrected chi connectivity index (χ2v) is 2.66. The first kappa shape index (κ1) is 9.40. The number of hydrogen-bond acceptors (Lipinski definition) is 5. The minimum Gasteiger partial charge on any atom is -0.388 e. The molecule has 1 aliphatic rings. The Labute approximate surface area is 69.3 Å². The van der Waals surface area contributed by atoms with Gasteiger partial charge in [0.1, 0.15) is 18.4 Å². The number of rotatable bonds is 3. The molecule has 6 heteroatoms. The summed E-state index contributed by atoms with van der Waals surface area (Å²) >= 11 is 0. The molecule has 70 valence electrons. The summed E-state index contributed by atoms with van der Waals surface area (Å²) in [4.78, 5) is 10.3. The molecule has 12 heavy (non-hydrogen) atoms. The maximum absolute atomic E-state index is 10.3. The molecule has 6 nitrogen and oxygen atoms in total. The fraction of sp³-hybridized carbons (Fsp3) is 0.833. The highest BCUT2D eigenvalue weighted by Crippen LogP contribution is 2.10. The second kappa shape index (κ2) is 3.81. The molecule has 0 spiro atoms. The van der Waals surface area contributed by atoms with Crippen LogP contribution >= 0.6 is 0 Å². The van der Waals surface area contributed by atoms with Crippen molar-refractivity contribution >= 4 is 5.91 Å². The van der Waals surface area contributed by atoms with Gasteiger partial charge in [0.15, 0.2) is 0 Å². The lowest BCUT2D eigenvalue weighted by Gasteiger charge is -2.14. The van der Waals surface area contributed by atoms with E-state index in [0.29, 0.717) is 0 Å². The lowest BCUT2D eigenvalue weighted by Crippen LogP contribution is -2.44. The van der Waals surface area contributed by atoms with Gasteiger partial charge in [-0.25, -0.2) is 0 Å². The number of carbonyl (C=O) groups excluding carboxylic acids is 1. The van der Waals surface area contributed by atoms with Crippen molar-refractivity contribution in [2.24, 2.45) is 5.73 Å². The number of ether oxygens (including phenoxy) is 1. The predicted molar refractivity (Wildman–Crippen MR) is 39.0 cm³/mol. The van der Waals surface area contributed by atoms with Gasteiger partial charge in [0, 0.05) is 0 Å². The number of hydrogen-bond donors (Lipinski definition) is 4. The summed E-state index contributed by atoms with van der Waals surface area (Å²) < 4.78 is 4.91. The number of nitrogens with one attached hydrogen (secondary N) is 1. The van der Waals surface area contributed by atoms with Gasteiger partial charge in [0.05, 0.1) is 13.2 Å². The zero-order valence-corrected chi connectivity index (χ0v) is 6.43. The minimum absolute atomic E-state index is 0.0671. The molecule has 3 unspecified atom stereocenters. The third-order valence-electron chi connectivity index (χ3n) is 1.63. The van der Waals surface area contributed by atoms with Crippen LogP contribution in [0, 0.1) is 0 Å². The summed E-state index contributed by atoms with van der Waals surface area (Å²) in [5, 5.41) is 20.7. The van der Waals surface area contributed by atoms with Gasteiger partial charge in [-0.15, -0.1) is 0 Å². The molecule has 5 N–H and O–H groups in total. The van der Waals surface area contributed by atoms with Gasteiger partial charge in [0.25, 0.3) is 0 Å². The molecule has 0 aromatic heterocycles. The van der Waals surface area contributed by atoms with E-state index in [9.17, 15) is 9.90 Å². The van der Waals surface area contributed by atoms with Gasteiger partial charge in [-0.3, -0.25) is 10.1 Å². The molecule has 1 rings (SSSR count). The Hall–Kier alpha value is -0.690. The Bertz CT molecular complexity index is 175. The SMILES string of the molecule is NC(=O)CNC1OCC(O)C1O. The van der Waals surface area contributed by atoms with Gasteiger partial charge in [-0.2, -0.15) is 0 Å². The molecule has 1 heterocycles. The summed E-state index contributed by atoms with van der Waals surface area (Å²) in [5.74, 6) is -0.535. The monoisotopic (exact) mass is 176 g/mol. The Morgan fingerprint density at radius 1 is 1.67 bits per heavy atom. The van der Waals surface area contributed by atoms with Crippen LogP contribution in [0.3, 0.4) is 0 Å². The molecule has 0 saturated carbocycles. The van der Waals surface area contributed by atoms with Crippen LogP contribution in [-0.2, 0) is 9.53 Å². The normalized spacial score (nSPS) is 35.3. The standard InChI is InChI=1S/C6H12N2O4/c7-4(10)1-8-6-5(11)3(9)2-12-6/h3,5-6,8-9,11H,1-2H2,(H2,7,10). The summed E-state index contributed by atoms with van der Waals surface area (Å²) in [5.41, 5.74) is 4.85. The van der Waals surface area contributed by atoms with E-state index >= 15 is 0 Å². The zero-order chi connectivity index (χ0) is 9.14. The van der Waals surface area contributed by atoms with Crippen LogP contribution < -0.4 is 11.1 Å². The number of aliphatic hydroxyl groups excluding tert-OH is 2. The largest absolute Gasteiger partial charge is 0.388 e. The van der Waals surface area contributed by atoms with E-state index in [1.165, 1.54) is 0 Å². The minimum atomic E-state index is -0.996. The summed E-state index contributed by atoms with van der Waals surface area (Å²) in [6.07, 6.45) is -2.59. The molecular weight excluding hydrogens is 164 g/mol. The zero-order valence-electron chi connectivity index (χ0n) is 6.43. The van der Waals surface area contributed by atoms with Crippen molar-refractivity contribution in [2.75, 3.05) is 13.2 Å². The van der Waals surface area contributed by atoms with Crippen molar-refractivity contribution in [1.29, 1.82) is 0 Å². The number of primary amides is 1. The van der Waals surface area contributed by atoms with E-state index in [2.05, 4.69) is 5.32 Å². The smallest absolute Gasteiger partial charge is 0.231 e. The summed E-state index contributed by atoms with van der Waals surface area (Å²) in [7, 11) is 0. The maximum atomic E-state index is 10.3. The lowest BCUT2D eigenvalue weighted by atomic mass is 10.2. The average molecular weight is 176 g/mol. The topological polar surface area (TPSA) is 105 Å². The molecule has 0 radical (unpaired) electrons. The van der Waals surface area contributed by atoms with Crippen molar-refractivity contribution < 1.29 is 19.7 Å². The number of nitrogens with two attached hydrogens (primary N) is 1. The quantitative estimate of drug-likeness (QED) is 0.370. The number of aliphatic hydroxyl groups is 2. The number of amides is 1. The van der Waals surface area contributed by atoms with Gasteiger partial charge in [-0.05, 0) is 0 Å². The van der Waals surface area contributed by atoms with Crippen LogP contribution in [-0.4, -0.2) is 47.7 Å².